The standard InChI is InChI=1S/C16H15N3O2/c1-2-21-16(20)6-4-13-3-5-14(15(9-13)10-17)11-19-8-7-18-12-19/h3-9,12H,2,11H2,1H3. The summed E-state index contributed by atoms with van der Waals surface area (Å²) >= 11 is 0. The molecule has 0 unspecified atom stereocenters. The number of esters is 1. The van der Waals surface area contributed by atoms with Gasteiger partial charge in [-0.3, -0.25) is 0 Å². The van der Waals surface area contributed by atoms with Crippen molar-refractivity contribution in [3.05, 3.63) is 59.7 Å². The van der Waals surface area contributed by atoms with Gasteiger partial charge in [0.1, 0.15) is 0 Å². The summed E-state index contributed by atoms with van der Waals surface area (Å²) < 4.78 is 6.71. The van der Waals surface area contributed by atoms with Crippen molar-refractivity contribution in [3.8, 4) is 6.07 Å². The van der Waals surface area contributed by atoms with E-state index in [1.165, 1.54) is 6.08 Å². The maximum absolute atomic E-state index is 11.3. The molecule has 0 atom stereocenters. The van der Waals surface area contributed by atoms with Crippen molar-refractivity contribution in [2.24, 2.45) is 0 Å². The van der Waals surface area contributed by atoms with Gasteiger partial charge in [0.25, 0.3) is 0 Å². The number of carbonyl (C=O) groups is 1. The highest BCUT2D eigenvalue weighted by Crippen LogP contribution is 2.14. The van der Waals surface area contributed by atoms with Crippen molar-refractivity contribution in [2.75, 3.05) is 6.61 Å². The Morgan fingerprint density at radius 1 is 1.52 bits per heavy atom. The molecule has 21 heavy (non-hydrogen) atoms. The smallest absolute Gasteiger partial charge is 0.330 e. The summed E-state index contributed by atoms with van der Waals surface area (Å²) in [5.41, 5.74) is 2.27. The minimum absolute atomic E-state index is 0.344. The quantitative estimate of drug-likeness (QED) is 0.623. The monoisotopic (exact) mass is 281 g/mol. The first kappa shape index (κ1) is 14.5. The van der Waals surface area contributed by atoms with Crippen LogP contribution < -0.4 is 0 Å². The van der Waals surface area contributed by atoms with E-state index in [4.69, 9.17) is 4.74 Å². The Morgan fingerprint density at radius 2 is 2.38 bits per heavy atom. The fraction of sp³-hybridized carbons (Fsp3) is 0.188. The first-order valence-electron chi connectivity index (χ1n) is 6.56. The first-order valence-corrected chi connectivity index (χ1v) is 6.56. The maximum atomic E-state index is 11.3. The van der Waals surface area contributed by atoms with Gasteiger partial charge in [0, 0.05) is 25.0 Å². The third-order valence-corrected chi connectivity index (χ3v) is 2.86. The van der Waals surface area contributed by atoms with E-state index in [0.717, 1.165) is 11.1 Å². The van der Waals surface area contributed by atoms with Crippen LogP contribution >= 0.6 is 0 Å². The molecule has 0 aliphatic heterocycles. The SMILES string of the molecule is CCOC(=O)C=Cc1ccc(Cn2ccnc2)c(C#N)c1. The highest BCUT2D eigenvalue weighted by atomic mass is 16.5. The van der Waals surface area contributed by atoms with Crippen molar-refractivity contribution in [3.63, 3.8) is 0 Å². The Kier molecular flexibility index (Phi) is 4.89. The van der Waals surface area contributed by atoms with Crippen molar-refractivity contribution < 1.29 is 9.53 Å². The molecule has 0 fully saturated rings. The number of carbonyl (C=O) groups excluding carboxylic acids is 1. The predicted octanol–water partition coefficient (Wildman–Crippen LogP) is 2.38. The van der Waals surface area contributed by atoms with Crippen molar-refractivity contribution in [1.29, 1.82) is 5.26 Å². The molecule has 0 aliphatic rings. The molecule has 0 radical (unpaired) electrons. The molecule has 0 N–H and O–H groups in total. The predicted molar refractivity (Wildman–Crippen MR) is 78.2 cm³/mol. The van der Waals surface area contributed by atoms with Gasteiger partial charge in [-0.25, -0.2) is 9.78 Å². The maximum Gasteiger partial charge on any atom is 0.330 e. The number of rotatable bonds is 5. The minimum Gasteiger partial charge on any atom is -0.463 e. The summed E-state index contributed by atoms with van der Waals surface area (Å²) in [5, 5.41) is 9.24. The third kappa shape index (κ3) is 4.05. The van der Waals surface area contributed by atoms with Crippen LogP contribution in [0.1, 0.15) is 23.6 Å². The molecule has 0 saturated carbocycles. The van der Waals surface area contributed by atoms with E-state index in [0.29, 0.717) is 18.7 Å². The molecule has 0 spiro atoms. The molecule has 0 aliphatic carbocycles. The molecule has 2 rings (SSSR count). The van der Waals surface area contributed by atoms with Crippen LogP contribution in [0.5, 0.6) is 0 Å². The number of benzene rings is 1. The van der Waals surface area contributed by atoms with Crippen molar-refractivity contribution in [1.82, 2.24) is 9.55 Å². The zero-order valence-electron chi connectivity index (χ0n) is 11.7. The van der Waals surface area contributed by atoms with Gasteiger partial charge in [0.2, 0.25) is 0 Å². The first-order chi connectivity index (χ1) is 10.2. The summed E-state index contributed by atoms with van der Waals surface area (Å²) in [6.07, 6.45) is 8.24. The van der Waals surface area contributed by atoms with Crippen LogP contribution in [0.15, 0.2) is 43.0 Å². The Morgan fingerprint density at radius 3 is 3.05 bits per heavy atom. The third-order valence-electron chi connectivity index (χ3n) is 2.86. The molecular formula is C16H15N3O2. The lowest BCUT2D eigenvalue weighted by Gasteiger charge is -2.06. The van der Waals surface area contributed by atoms with Crippen molar-refractivity contribution in [2.45, 2.75) is 13.5 Å². The lowest BCUT2D eigenvalue weighted by atomic mass is 10.0. The number of nitriles is 1. The zero-order chi connectivity index (χ0) is 15.1. The summed E-state index contributed by atoms with van der Waals surface area (Å²) in [4.78, 5) is 15.2. The molecule has 5 heteroatoms. The number of hydrogen-bond acceptors (Lipinski definition) is 4. The molecule has 0 saturated heterocycles. The summed E-state index contributed by atoms with van der Waals surface area (Å²) in [7, 11) is 0. The normalized spacial score (nSPS) is 10.5. The van der Waals surface area contributed by atoms with E-state index < -0.39 is 5.97 Å². The fourth-order valence-corrected chi connectivity index (χ4v) is 1.87. The summed E-state index contributed by atoms with van der Waals surface area (Å²) in [6.45, 7) is 2.69. The Hall–Kier alpha value is -2.87. The van der Waals surface area contributed by atoms with E-state index in [1.807, 2.05) is 22.9 Å². The van der Waals surface area contributed by atoms with Crippen LogP contribution in [0.25, 0.3) is 6.08 Å². The Balaban J connectivity index is 2.16. The van der Waals surface area contributed by atoms with Crippen LogP contribution in [0.3, 0.4) is 0 Å². The van der Waals surface area contributed by atoms with Gasteiger partial charge in [-0.1, -0.05) is 12.1 Å². The average molecular weight is 281 g/mol. The second kappa shape index (κ2) is 7.06. The summed E-state index contributed by atoms with van der Waals surface area (Å²) in [6, 6.07) is 7.67. The molecule has 5 nitrogen and oxygen atoms in total. The molecule has 1 aromatic heterocycles. The minimum atomic E-state index is -0.390. The van der Waals surface area contributed by atoms with E-state index in [2.05, 4.69) is 11.1 Å². The molecule has 2 aromatic rings. The fourth-order valence-electron chi connectivity index (χ4n) is 1.87. The topological polar surface area (TPSA) is 67.9 Å². The zero-order valence-corrected chi connectivity index (χ0v) is 11.7. The molecule has 1 heterocycles. The van der Waals surface area contributed by atoms with Gasteiger partial charge >= 0.3 is 5.97 Å². The van der Waals surface area contributed by atoms with Gasteiger partial charge in [-0.2, -0.15) is 5.26 Å². The molecule has 106 valence electrons. The Labute approximate surface area is 123 Å². The van der Waals surface area contributed by atoms with E-state index >= 15 is 0 Å². The van der Waals surface area contributed by atoms with E-state index in [1.54, 1.807) is 31.6 Å². The van der Waals surface area contributed by atoms with Gasteiger partial charge < -0.3 is 9.30 Å². The van der Waals surface area contributed by atoms with E-state index in [-0.39, 0.29) is 0 Å². The van der Waals surface area contributed by atoms with Gasteiger partial charge in [-0.05, 0) is 30.2 Å². The van der Waals surface area contributed by atoms with Gasteiger partial charge in [0.05, 0.1) is 24.6 Å². The van der Waals surface area contributed by atoms with Gasteiger partial charge in [-0.15, -0.1) is 0 Å². The van der Waals surface area contributed by atoms with E-state index in [9.17, 15) is 10.1 Å². The molecule has 1 aromatic carbocycles. The lowest BCUT2D eigenvalue weighted by molar-refractivity contribution is -0.137. The number of nitrogens with zero attached hydrogens (tertiary/aromatic N) is 3. The highest BCUT2D eigenvalue weighted by molar-refractivity contribution is 5.87. The second-order valence-electron chi connectivity index (χ2n) is 4.35. The highest BCUT2D eigenvalue weighted by Gasteiger charge is 2.04. The average Bonchev–Trinajstić information content (AvgIpc) is 2.99. The molecular weight excluding hydrogens is 266 g/mol. The van der Waals surface area contributed by atoms with Crippen LogP contribution in [0, 0.1) is 11.3 Å². The summed E-state index contributed by atoms with van der Waals surface area (Å²) in [5.74, 6) is -0.390. The van der Waals surface area contributed by atoms with Crippen molar-refractivity contribution >= 4 is 12.0 Å². The van der Waals surface area contributed by atoms with Crippen LogP contribution in [-0.2, 0) is 16.1 Å². The molecule has 0 bridgehead atoms. The van der Waals surface area contributed by atoms with Crippen LogP contribution in [-0.4, -0.2) is 22.1 Å². The number of imidazole rings is 1. The number of hydrogen-bond donors (Lipinski definition) is 0. The molecule has 0 amide bonds. The van der Waals surface area contributed by atoms with Gasteiger partial charge in [0.15, 0.2) is 0 Å². The second-order valence-corrected chi connectivity index (χ2v) is 4.35. The number of ether oxygens (including phenoxy) is 1. The lowest BCUT2D eigenvalue weighted by Crippen LogP contribution is -2.00. The van der Waals surface area contributed by atoms with Crippen LogP contribution in [0.4, 0.5) is 0 Å². The number of aromatic nitrogens is 2. The van der Waals surface area contributed by atoms with Crippen LogP contribution in [0.2, 0.25) is 0 Å². The Bertz CT molecular complexity index is 682. The largest absolute Gasteiger partial charge is 0.463 e.